The molecule has 0 heterocycles. The van der Waals surface area contributed by atoms with Gasteiger partial charge in [0.15, 0.2) is 0 Å². The first-order valence-corrected chi connectivity index (χ1v) is 5.34. The summed E-state index contributed by atoms with van der Waals surface area (Å²) in [7, 11) is 0. The Morgan fingerprint density at radius 3 is 1.93 bits per heavy atom. The number of unbranched alkanes of at least 4 members (excludes halogenated alkanes) is 1. The standard InChI is InChI=1S/C13H22O/c1-6-7-8-12(10(2)3)13(9-14)11(4)5/h9H,6-8H2,1-5H3. The summed E-state index contributed by atoms with van der Waals surface area (Å²) in [6.45, 7) is 10.3. The van der Waals surface area contributed by atoms with Gasteiger partial charge in [-0.25, -0.2) is 0 Å². The van der Waals surface area contributed by atoms with Gasteiger partial charge in [0.05, 0.1) is 0 Å². The van der Waals surface area contributed by atoms with Crippen LogP contribution < -0.4 is 0 Å². The van der Waals surface area contributed by atoms with Crippen molar-refractivity contribution < 1.29 is 4.79 Å². The first kappa shape index (κ1) is 13.2. The molecule has 0 fully saturated rings. The van der Waals surface area contributed by atoms with E-state index in [2.05, 4.69) is 20.8 Å². The second-order valence-corrected chi connectivity index (χ2v) is 4.11. The lowest BCUT2D eigenvalue weighted by molar-refractivity contribution is -0.104. The molecule has 80 valence electrons. The number of carbonyl (C=O) groups is 1. The minimum atomic E-state index is 0.901. The van der Waals surface area contributed by atoms with Crippen molar-refractivity contribution in [1.29, 1.82) is 0 Å². The van der Waals surface area contributed by atoms with E-state index in [-0.39, 0.29) is 0 Å². The summed E-state index contributed by atoms with van der Waals surface area (Å²) >= 11 is 0. The monoisotopic (exact) mass is 194 g/mol. The average molecular weight is 194 g/mol. The van der Waals surface area contributed by atoms with Gasteiger partial charge < -0.3 is 0 Å². The van der Waals surface area contributed by atoms with E-state index in [4.69, 9.17) is 0 Å². The zero-order chi connectivity index (χ0) is 11.1. The van der Waals surface area contributed by atoms with Crippen LogP contribution in [0.2, 0.25) is 0 Å². The van der Waals surface area contributed by atoms with Gasteiger partial charge in [-0.2, -0.15) is 0 Å². The van der Waals surface area contributed by atoms with Crippen LogP contribution in [0, 0.1) is 0 Å². The molecule has 0 unspecified atom stereocenters. The van der Waals surface area contributed by atoms with Gasteiger partial charge in [0.1, 0.15) is 6.29 Å². The molecule has 0 aromatic rings. The lowest BCUT2D eigenvalue weighted by Crippen LogP contribution is -1.97. The molecule has 14 heavy (non-hydrogen) atoms. The van der Waals surface area contributed by atoms with Gasteiger partial charge in [-0.3, -0.25) is 4.79 Å². The maximum Gasteiger partial charge on any atom is 0.150 e. The van der Waals surface area contributed by atoms with Gasteiger partial charge in [-0.15, -0.1) is 0 Å². The van der Waals surface area contributed by atoms with Crippen molar-refractivity contribution in [3.8, 4) is 0 Å². The Morgan fingerprint density at radius 1 is 1.07 bits per heavy atom. The fourth-order valence-electron chi connectivity index (χ4n) is 1.50. The van der Waals surface area contributed by atoms with Crippen molar-refractivity contribution >= 4 is 6.29 Å². The van der Waals surface area contributed by atoms with E-state index in [0.717, 1.165) is 30.3 Å². The number of hydrogen-bond acceptors (Lipinski definition) is 1. The molecule has 0 aromatic carbocycles. The van der Waals surface area contributed by atoms with Gasteiger partial charge in [0.25, 0.3) is 0 Å². The smallest absolute Gasteiger partial charge is 0.150 e. The van der Waals surface area contributed by atoms with Crippen molar-refractivity contribution in [2.45, 2.75) is 53.9 Å². The summed E-state index contributed by atoms with van der Waals surface area (Å²) in [6.07, 6.45) is 4.35. The highest BCUT2D eigenvalue weighted by atomic mass is 16.1. The first-order valence-electron chi connectivity index (χ1n) is 5.34. The Kier molecular flexibility index (Phi) is 6.18. The third-order valence-electron chi connectivity index (χ3n) is 2.37. The molecular weight excluding hydrogens is 172 g/mol. The molecule has 0 aliphatic heterocycles. The second-order valence-electron chi connectivity index (χ2n) is 4.11. The van der Waals surface area contributed by atoms with Crippen LogP contribution in [0.15, 0.2) is 22.3 Å². The van der Waals surface area contributed by atoms with Gasteiger partial charge in [0, 0.05) is 5.57 Å². The normalized spacial score (nSPS) is 9.50. The maximum atomic E-state index is 11.0. The Bertz CT molecular complexity index is 248. The molecule has 0 spiro atoms. The third-order valence-corrected chi connectivity index (χ3v) is 2.37. The highest BCUT2D eigenvalue weighted by molar-refractivity contribution is 5.81. The van der Waals surface area contributed by atoms with Crippen LogP contribution in [0.5, 0.6) is 0 Å². The SMILES string of the molecule is CCCCC(=C(C)C)C(C=O)=C(C)C. The fourth-order valence-corrected chi connectivity index (χ4v) is 1.50. The molecule has 0 N–H and O–H groups in total. The maximum absolute atomic E-state index is 11.0. The van der Waals surface area contributed by atoms with Crippen LogP contribution >= 0.6 is 0 Å². The van der Waals surface area contributed by atoms with E-state index >= 15 is 0 Å². The van der Waals surface area contributed by atoms with Crippen molar-refractivity contribution in [3.63, 3.8) is 0 Å². The minimum absolute atomic E-state index is 0.901. The predicted octanol–water partition coefficient (Wildman–Crippen LogP) is 4.05. The molecule has 0 amide bonds. The Labute approximate surface area is 87.9 Å². The molecule has 1 nitrogen and oxygen atoms in total. The number of aldehydes is 1. The van der Waals surface area contributed by atoms with Crippen molar-refractivity contribution in [2.75, 3.05) is 0 Å². The molecule has 0 aliphatic rings. The summed E-state index contributed by atoms with van der Waals surface area (Å²) in [4.78, 5) is 11.0. The molecule has 0 saturated heterocycles. The molecule has 0 bridgehead atoms. The minimum Gasteiger partial charge on any atom is -0.298 e. The van der Waals surface area contributed by atoms with Crippen LogP contribution in [-0.2, 0) is 4.79 Å². The fraction of sp³-hybridized carbons (Fsp3) is 0.615. The van der Waals surface area contributed by atoms with E-state index in [0.29, 0.717) is 0 Å². The Balaban J connectivity index is 4.94. The molecule has 0 atom stereocenters. The number of rotatable bonds is 5. The van der Waals surface area contributed by atoms with Crippen LogP contribution in [0.4, 0.5) is 0 Å². The van der Waals surface area contributed by atoms with Crippen molar-refractivity contribution in [3.05, 3.63) is 22.3 Å². The number of carbonyl (C=O) groups excluding carboxylic acids is 1. The lowest BCUT2D eigenvalue weighted by Gasteiger charge is -2.11. The molecular formula is C13H22O. The second kappa shape index (κ2) is 6.58. The summed E-state index contributed by atoms with van der Waals surface area (Å²) in [6, 6.07) is 0. The van der Waals surface area contributed by atoms with Crippen LogP contribution in [0.1, 0.15) is 53.9 Å². The number of allylic oxidation sites excluding steroid dienone is 4. The predicted molar refractivity (Wildman–Crippen MR) is 62.3 cm³/mol. The van der Waals surface area contributed by atoms with Gasteiger partial charge in [0.2, 0.25) is 0 Å². The Morgan fingerprint density at radius 2 is 1.64 bits per heavy atom. The highest BCUT2D eigenvalue weighted by Gasteiger charge is 2.07. The van der Waals surface area contributed by atoms with Gasteiger partial charge in [-0.05, 0) is 46.1 Å². The van der Waals surface area contributed by atoms with Gasteiger partial charge >= 0.3 is 0 Å². The van der Waals surface area contributed by atoms with Crippen molar-refractivity contribution in [1.82, 2.24) is 0 Å². The summed E-state index contributed by atoms with van der Waals surface area (Å²) in [5.74, 6) is 0. The average Bonchev–Trinajstić information content (AvgIpc) is 2.10. The first-order chi connectivity index (χ1) is 6.54. The van der Waals surface area contributed by atoms with Crippen LogP contribution in [0.3, 0.4) is 0 Å². The molecule has 0 aliphatic carbocycles. The molecule has 0 radical (unpaired) electrons. The quantitative estimate of drug-likeness (QED) is 0.366. The Hall–Kier alpha value is -0.850. The van der Waals surface area contributed by atoms with Crippen LogP contribution in [-0.4, -0.2) is 6.29 Å². The zero-order valence-corrected chi connectivity index (χ0v) is 10.1. The van der Waals surface area contributed by atoms with Gasteiger partial charge in [-0.1, -0.05) is 24.5 Å². The molecule has 1 heteroatoms. The number of hydrogen-bond donors (Lipinski definition) is 0. The third kappa shape index (κ3) is 3.91. The summed E-state index contributed by atoms with van der Waals surface area (Å²) in [5.41, 5.74) is 4.52. The van der Waals surface area contributed by atoms with Crippen LogP contribution in [0.25, 0.3) is 0 Å². The topological polar surface area (TPSA) is 17.1 Å². The van der Waals surface area contributed by atoms with E-state index in [1.165, 1.54) is 17.6 Å². The molecule has 0 rings (SSSR count). The van der Waals surface area contributed by atoms with Crippen molar-refractivity contribution in [2.24, 2.45) is 0 Å². The van der Waals surface area contributed by atoms with E-state index in [1.54, 1.807) is 0 Å². The largest absolute Gasteiger partial charge is 0.298 e. The highest BCUT2D eigenvalue weighted by Crippen LogP contribution is 2.22. The molecule has 0 aromatic heterocycles. The van der Waals surface area contributed by atoms with E-state index < -0.39 is 0 Å². The summed E-state index contributed by atoms with van der Waals surface area (Å²) < 4.78 is 0. The summed E-state index contributed by atoms with van der Waals surface area (Å²) in [5, 5.41) is 0. The van der Waals surface area contributed by atoms with E-state index in [1.807, 2.05) is 13.8 Å². The molecule has 0 saturated carbocycles. The zero-order valence-electron chi connectivity index (χ0n) is 10.1. The van der Waals surface area contributed by atoms with E-state index in [9.17, 15) is 4.79 Å². The lowest BCUT2D eigenvalue weighted by atomic mass is 9.94.